The van der Waals surface area contributed by atoms with Crippen LogP contribution < -0.4 is 16.0 Å². The zero-order valence-corrected chi connectivity index (χ0v) is 30.4. The van der Waals surface area contributed by atoms with E-state index in [2.05, 4.69) is 64.7 Å². The summed E-state index contributed by atoms with van der Waals surface area (Å²) in [7, 11) is 0. The van der Waals surface area contributed by atoms with Crippen molar-refractivity contribution >= 4 is 0 Å². The lowest BCUT2D eigenvalue weighted by atomic mass is 9.66. The summed E-state index contributed by atoms with van der Waals surface area (Å²) in [4.78, 5) is 6.34. The predicted octanol–water partition coefficient (Wildman–Crippen LogP) is 8.29. The number of allylic oxidation sites excluding steroid dienone is 1. The molecule has 9 aliphatic rings. The largest absolute Gasteiger partial charge is 0.290 e. The maximum absolute atomic E-state index is 4.40. The van der Waals surface area contributed by atoms with E-state index < -0.39 is 0 Å². The van der Waals surface area contributed by atoms with Gasteiger partial charge in [0.25, 0.3) is 0 Å². The molecule has 14 unspecified atom stereocenters. The maximum atomic E-state index is 4.40. The van der Waals surface area contributed by atoms with Gasteiger partial charge < -0.3 is 0 Å². The van der Waals surface area contributed by atoms with Gasteiger partial charge in [0.05, 0.1) is 12.3 Å². The number of likely N-dealkylation sites (tertiary alicyclic amines) is 2. The molecule has 0 aromatic heterocycles. The van der Waals surface area contributed by atoms with E-state index in [0.717, 1.165) is 47.6 Å². The Hall–Kier alpha value is -0.720. The summed E-state index contributed by atoms with van der Waals surface area (Å²) in [6.45, 7) is 7.76. The van der Waals surface area contributed by atoms with E-state index in [0.29, 0.717) is 35.9 Å². The minimum Gasteiger partial charge on any atom is -0.290 e. The van der Waals surface area contributed by atoms with E-state index in [4.69, 9.17) is 0 Å². The molecule has 0 bridgehead atoms. The molecule has 3 N–H and O–H groups in total. The van der Waals surface area contributed by atoms with Crippen LogP contribution in [0.5, 0.6) is 0 Å². The standard InChI is InChI=1S/C42H69N5/c1-27-14-13-18-30(26-27)46-34-21-9-7-19-31(34)32-23-24-36-37(38(32)46)33-20-8-10-22-35(33)47(36)41-44-39(29-16-5-4-6-17-29)43-40(45-41)42(3)25-12-11-15-28(42)2/h10,22-23,27-31,33-41,43-45H,4-9,11-21,24-26H2,1-3H3. The Balaban J connectivity index is 1.08. The number of nitrogens with zero attached hydrogens (tertiary/aromatic N) is 2. The van der Waals surface area contributed by atoms with Crippen molar-refractivity contribution in [3.8, 4) is 0 Å². The third-order valence-corrected chi connectivity index (χ3v) is 16.4. The highest BCUT2D eigenvalue weighted by Crippen LogP contribution is 2.57. The average Bonchev–Trinajstić information content (AvgIpc) is 3.63. The Kier molecular flexibility index (Phi) is 8.99. The molecule has 0 spiro atoms. The first kappa shape index (κ1) is 32.2. The fourth-order valence-corrected chi connectivity index (χ4v) is 13.9. The second-order valence-corrected chi connectivity index (χ2v) is 18.8. The minimum absolute atomic E-state index is 0.256. The molecule has 7 fully saturated rings. The first-order chi connectivity index (χ1) is 23.0. The van der Waals surface area contributed by atoms with Crippen molar-refractivity contribution in [2.75, 3.05) is 0 Å². The van der Waals surface area contributed by atoms with Crippen molar-refractivity contribution < 1.29 is 0 Å². The van der Waals surface area contributed by atoms with Crippen LogP contribution in [0.1, 0.15) is 149 Å². The molecule has 5 nitrogen and oxygen atoms in total. The Morgan fingerprint density at radius 2 is 1.60 bits per heavy atom. The zero-order valence-electron chi connectivity index (χ0n) is 30.4. The van der Waals surface area contributed by atoms with Gasteiger partial charge >= 0.3 is 0 Å². The molecule has 0 amide bonds. The third kappa shape index (κ3) is 5.49. The van der Waals surface area contributed by atoms with Crippen LogP contribution in [0.4, 0.5) is 0 Å². The highest BCUT2D eigenvalue weighted by molar-refractivity contribution is 5.34. The molecular formula is C42H69N5. The van der Waals surface area contributed by atoms with Gasteiger partial charge in [0.15, 0.2) is 0 Å². The van der Waals surface area contributed by atoms with Gasteiger partial charge in [-0.25, -0.2) is 0 Å². The van der Waals surface area contributed by atoms with Gasteiger partial charge in [-0.2, -0.15) is 0 Å². The molecule has 0 aromatic carbocycles. The van der Waals surface area contributed by atoms with Crippen molar-refractivity contribution in [3.05, 3.63) is 23.8 Å². The van der Waals surface area contributed by atoms with Crippen LogP contribution in [0.2, 0.25) is 0 Å². The summed E-state index contributed by atoms with van der Waals surface area (Å²) in [5, 5.41) is 13.1. The molecule has 3 heterocycles. The van der Waals surface area contributed by atoms with Gasteiger partial charge in [0, 0.05) is 30.2 Å². The first-order valence-electron chi connectivity index (χ1n) is 21.2. The summed E-state index contributed by atoms with van der Waals surface area (Å²) in [5.41, 5.74) is 2.24. The van der Waals surface area contributed by atoms with Gasteiger partial charge in [-0.3, -0.25) is 25.8 Å². The van der Waals surface area contributed by atoms with Crippen molar-refractivity contribution in [1.29, 1.82) is 0 Å². The summed E-state index contributed by atoms with van der Waals surface area (Å²) >= 11 is 0. The number of rotatable bonds is 4. The van der Waals surface area contributed by atoms with Crippen molar-refractivity contribution in [2.24, 2.45) is 40.9 Å². The van der Waals surface area contributed by atoms with E-state index in [1.54, 1.807) is 0 Å². The Morgan fingerprint density at radius 1 is 0.766 bits per heavy atom. The summed E-state index contributed by atoms with van der Waals surface area (Å²) in [5.74, 6) is 4.83. The second kappa shape index (κ2) is 13.1. The van der Waals surface area contributed by atoms with Crippen LogP contribution in [0.3, 0.4) is 0 Å². The van der Waals surface area contributed by atoms with Gasteiger partial charge in [-0.1, -0.05) is 109 Å². The fourth-order valence-electron chi connectivity index (χ4n) is 13.9. The van der Waals surface area contributed by atoms with E-state index in [-0.39, 0.29) is 6.29 Å². The van der Waals surface area contributed by atoms with Gasteiger partial charge in [0.2, 0.25) is 0 Å². The quantitative estimate of drug-likeness (QED) is 0.269. The van der Waals surface area contributed by atoms with Crippen LogP contribution in [0, 0.1) is 40.9 Å². The highest BCUT2D eigenvalue weighted by atomic mass is 15.5. The first-order valence-corrected chi connectivity index (χ1v) is 21.2. The SMILES string of the molecule is CC1CCCC(N2C3CCCCC3C3=CCC4C(C5CCC=CC5N4C4NC(C5CCCCC5)NC(C5(C)CCCCC5C)N4)C32)C1. The Labute approximate surface area is 287 Å². The second-order valence-electron chi connectivity index (χ2n) is 18.8. The Bertz CT molecular complexity index is 1180. The van der Waals surface area contributed by atoms with E-state index in [9.17, 15) is 0 Å². The van der Waals surface area contributed by atoms with E-state index >= 15 is 0 Å². The molecule has 47 heavy (non-hydrogen) atoms. The lowest BCUT2D eigenvalue weighted by Crippen LogP contribution is -2.77. The van der Waals surface area contributed by atoms with Crippen LogP contribution in [0.25, 0.3) is 0 Å². The maximum Gasteiger partial charge on any atom is 0.117 e. The lowest BCUT2D eigenvalue weighted by Gasteiger charge is -2.55. The van der Waals surface area contributed by atoms with E-state index in [1.165, 1.54) is 128 Å². The molecule has 5 heteroatoms. The lowest BCUT2D eigenvalue weighted by molar-refractivity contribution is -0.0469. The molecule has 3 aliphatic heterocycles. The van der Waals surface area contributed by atoms with Crippen LogP contribution in [-0.2, 0) is 0 Å². The third-order valence-electron chi connectivity index (χ3n) is 16.4. The van der Waals surface area contributed by atoms with Gasteiger partial charge in [0.1, 0.15) is 6.29 Å². The molecule has 6 aliphatic carbocycles. The van der Waals surface area contributed by atoms with Crippen molar-refractivity contribution in [2.45, 2.75) is 198 Å². The van der Waals surface area contributed by atoms with Crippen molar-refractivity contribution in [1.82, 2.24) is 25.8 Å². The van der Waals surface area contributed by atoms with Crippen LogP contribution in [-0.4, -0.2) is 58.6 Å². The average molecular weight is 644 g/mol. The molecule has 3 saturated heterocycles. The number of nitrogens with one attached hydrogen (secondary N) is 3. The number of hydrogen-bond acceptors (Lipinski definition) is 5. The summed E-state index contributed by atoms with van der Waals surface area (Å²) < 4.78 is 0. The molecule has 14 atom stereocenters. The van der Waals surface area contributed by atoms with Gasteiger partial charge in [-0.15, -0.1) is 0 Å². The smallest absolute Gasteiger partial charge is 0.117 e. The zero-order chi connectivity index (χ0) is 31.7. The predicted molar refractivity (Wildman–Crippen MR) is 193 cm³/mol. The summed E-state index contributed by atoms with van der Waals surface area (Å²) in [6.07, 6.45) is 37.3. The molecule has 262 valence electrons. The highest BCUT2D eigenvalue weighted by Gasteiger charge is 2.62. The molecule has 0 radical (unpaired) electrons. The minimum atomic E-state index is 0.256. The summed E-state index contributed by atoms with van der Waals surface area (Å²) in [6, 6.07) is 3.53. The van der Waals surface area contributed by atoms with Crippen LogP contribution >= 0.6 is 0 Å². The van der Waals surface area contributed by atoms with Crippen molar-refractivity contribution in [3.63, 3.8) is 0 Å². The fraction of sp³-hybridized carbons (Fsp3) is 0.905. The number of hydrogen-bond donors (Lipinski definition) is 3. The van der Waals surface area contributed by atoms with Gasteiger partial charge in [-0.05, 0) is 105 Å². The van der Waals surface area contributed by atoms with E-state index in [1.807, 2.05) is 5.57 Å². The number of fused-ring (bicyclic) bond motifs is 7. The van der Waals surface area contributed by atoms with Crippen LogP contribution in [0.15, 0.2) is 23.8 Å². The molecule has 4 saturated carbocycles. The normalized spacial score (nSPS) is 51.1. The molecule has 9 rings (SSSR count). The molecular weight excluding hydrogens is 574 g/mol. The Morgan fingerprint density at radius 3 is 2.45 bits per heavy atom. The molecule has 0 aromatic rings. The monoisotopic (exact) mass is 644 g/mol. The topological polar surface area (TPSA) is 42.6 Å².